The number of esters is 1. The second-order valence-electron chi connectivity index (χ2n) is 6.18. The van der Waals surface area contributed by atoms with Crippen LogP contribution in [-0.2, 0) is 20.9 Å². The maximum atomic E-state index is 12.1. The minimum Gasteiger partial charge on any atom is -0.448 e. The number of carbonyl (C=O) groups excluding carboxylic acids is 2. The van der Waals surface area contributed by atoms with Crippen molar-refractivity contribution < 1.29 is 19.1 Å². The summed E-state index contributed by atoms with van der Waals surface area (Å²) >= 11 is 3.39. The summed E-state index contributed by atoms with van der Waals surface area (Å²) in [6.07, 6.45) is -0.653. The molecule has 9 heteroatoms. The van der Waals surface area contributed by atoms with Crippen LogP contribution in [-0.4, -0.2) is 38.8 Å². The first-order chi connectivity index (χ1) is 12.7. The van der Waals surface area contributed by atoms with E-state index in [1.807, 2.05) is 19.9 Å². The highest BCUT2D eigenvalue weighted by atomic mass is 79.9. The smallest absolute Gasteiger partial charge is 0.308 e. The van der Waals surface area contributed by atoms with Crippen LogP contribution in [0.1, 0.15) is 30.8 Å². The number of nitrogens with zero attached hydrogens (tertiary/aromatic N) is 4. The van der Waals surface area contributed by atoms with Crippen LogP contribution >= 0.6 is 15.9 Å². The van der Waals surface area contributed by atoms with Gasteiger partial charge in [0.1, 0.15) is 5.75 Å². The van der Waals surface area contributed by atoms with Crippen LogP contribution in [0.3, 0.4) is 0 Å². The van der Waals surface area contributed by atoms with Crippen molar-refractivity contribution in [3.63, 3.8) is 0 Å². The van der Waals surface area contributed by atoms with Gasteiger partial charge in [-0.1, -0.05) is 15.9 Å². The molecular weight excluding hydrogens is 416 g/mol. The van der Waals surface area contributed by atoms with Gasteiger partial charge in [-0.2, -0.15) is 10.1 Å². The molecule has 0 aliphatic carbocycles. The molecule has 2 aromatic rings. The Labute approximate surface area is 164 Å². The molecule has 0 spiro atoms. The van der Waals surface area contributed by atoms with E-state index < -0.39 is 12.2 Å². The molecule has 0 unspecified atom stereocenters. The fourth-order valence-corrected chi connectivity index (χ4v) is 3.15. The van der Waals surface area contributed by atoms with Crippen molar-refractivity contribution in [2.45, 2.75) is 40.5 Å². The molecule has 0 radical (unpaired) electrons. The minimum absolute atomic E-state index is 0.203. The van der Waals surface area contributed by atoms with Gasteiger partial charge in [-0.15, -0.1) is 5.10 Å². The van der Waals surface area contributed by atoms with Gasteiger partial charge in [0.15, 0.2) is 0 Å². The van der Waals surface area contributed by atoms with E-state index in [1.54, 1.807) is 22.9 Å². The third-order valence-electron chi connectivity index (χ3n) is 3.90. The molecule has 1 atom stereocenters. The van der Waals surface area contributed by atoms with Crippen LogP contribution < -0.4 is 4.74 Å². The van der Waals surface area contributed by atoms with E-state index in [1.165, 1.54) is 18.9 Å². The van der Waals surface area contributed by atoms with E-state index in [4.69, 9.17) is 9.47 Å². The molecule has 1 aromatic heterocycles. The zero-order valence-electron chi connectivity index (χ0n) is 15.4. The fraction of sp³-hybridized carbons (Fsp3) is 0.333. The summed E-state index contributed by atoms with van der Waals surface area (Å²) in [6, 6.07) is 7.05. The van der Waals surface area contributed by atoms with Gasteiger partial charge in [0.2, 0.25) is 18.0 Å². The minimum atomic E-state index is -0.653. The van der Waals surface area contributed by atoms with E-state index in [0.717, 1.165) is 15.9 Å². The molecule has 3 rings (SSSR count). The normalized spacial score (nSPS) is 16.1. The van der Waals surface area contributed by atoms with Crippen molar-refractivity contribution in [1.82, 2.24) is 14.8 Å². The van der Waals surface area contributed by atoms with Gasteiger partial charge in [0, 0.05) is 24.0 Å². The summed E-state index contributed by atoms with van der Waals surface area (Å²) in [7, 11) is 0. The molecule has 0 saturated heterocycles. The van der Waals surface area contributed by atoms with E-state index in [-0.39, 0.29) is 11.8 Å². The average Bonchev–Trinajstić information content (AvgIpc) is 3.12. The highest BCUT2D eigenvalue weighted by Crippen LogP contribution is 2.28. The second-order valence-corrected chi connectivity index (χ2v) is 7.10. The third kappa shape index (κ3) is 4.19. The summed E-state index contributed by atoms with van der Waals surface area (Å²) in [5, 5.41) is 9.98. The van der Waals surface area contributed by atoms with Gasteiger partial charge in [-0.3, -0.25) is 14.3 Å². The molecule has 0 N–H and O–H groups in total. The van der Waals surface area contributed by atoms with Crippen molar-refractivity contribution in [2.24, 2.45) is 5.10 Å². The molecule has 8 nitrogen and oxygen atoms in total. The largest absolute Gasteiger partial charge is 0.448 e. The Bertz CT molecular complexity index is 937. The number of amides is 1. The van der Waals surface area contributed by atoms with Crippen molar-refractivity contribution in [3.8, 4) is 5.75 Å². The number of aromatic nitrogens is 2. The topological polar surface area (TPSA) is 86.0 Å². The van der Waals surface area contributed by atoms with E-state index >= 15 is 0 Å². The molecule has 0 saturated carbocycles. The van der Waals surface area contributed by atoms with Gasteiger partial charge in [0.25, 0.3) is 0 Å². The maximum absolute atomic E-state index is 12.1. The molecule has 1 aliphatic rings. The Morgan fingerprint density at radius 1 is 1.26 bits per heavy atom. The summed E-state index contributed by atoms with van der Waals surface area (Å²) in [4.78, 5) is 23.5. The van der Waals surface area contributed by atoms with E-state index in [2.05, 4.69) is 26.1 Å². The molecule has 0 bridgehead atoms. The summed E-state index contributed by atoms with van der Waals surface area (Å²) < 4.78 is 13.7. The van der Waals surface area contributed by atoms with Gasteiger partial charge < -0.3 is 9.47 Å². The van der Waals surface area contributed by atoms with Gasteiger partial charge in [-0.25, -0.2) is 0 Å². The van der Waals surface area contributed by atoms with Crippen molar-refractivity contribution in [2.75, 3.05) is 0 Å². The Morgan fingerprint density at radius 3 is 2.59 bits per heavy atom. The number of rotatable bonds is 4. The molecule has 0 fully saturated rings. The third-order valence-corrected chi connectivity index (χ3v) is 4.39. The van der Waals surface area contributed by atoms with Gasteiger partial charge in [0.05, 0.1) is 17.8 Å². The first-order valence-corrected chi connectivity index (χ1v) is 9.08. The average molecular weight is 435 g/mol. The van der Waals surface area contributed by atoms with Crippen LogP contribution in [0.25, 0.3) is 0 Å². The number of ether oxygens (including phenoxy) is 2. The molecule has 1 amide bonds. The van der Waals surface area contributed by atoms with Crippen LogP contribution in [0.15, 0.2) is 33.8 Å². The quantitative estimate of drug-likeness (QED) is 0.545. The zero-order valence-corrected chi connectivity index (χ0v) is 17.0. The van der Waals surface area contributed by atoms with Crippen LogP contribution in [0.2, 0.25) is 0 Å². The van der Waals surface area contributed by atoms with Crippen molar-refractivity contribution in [3.05, 3.63) is 45.7 Å². The van der Waals surface area contributed by atoms with Crippen LogP contribution in [0, 0.1) is 13.8 Å². The molecule has 1 aliphatic heterocycles. The lowest BCUT2D eigenvalue weighted by atomic mass is 10.2. The van der Waals surface area contributed by atoms with Gasteiger partial charge >= 0.3 is 5.97 Å². The second kappa shape index (κ2) is 7.51. The Hall–Kier alpha value is -2.68. The van der Waals surface area contributed by atoms with E-state index in [9.17, 15) is 9.59 Å². The molecule has 2 heterocycles. The lowest BCUT2D eigenvalue weighted by Gasteiger charge is -2.19. The lowest BCUT2D eigenvalue weighted by molar-refractivity contribution is -0.135. The number of aryl methyl sites for hydroxylation is 2. The molecule has 1 aromatic carbocycles. The highest BCUT2D eigenvalue weighted by molar-refractivity contribution is 9.10. The summed E-state index contributed by atoms with van der Waals surface area (Å²) in [6.45, 7) is 6.89. The predicted octanol–water partition coefficient (Wildman–Crippen LogP) is 2.75. The number of hydrogen-bond acceptors (Lipinski definition) is 6. The lowest BCUT2D eigenvalue weighted by Crippen LogP contribution is -2.36. The number of benzene rings is 1. The first kappa shape index (κ1) is 19.1. The van der Waals surface area contributed by atoms with Crippen molar-refractivity contribution >= 4 is 33.7 Å². The Kier molecular flexibility index (Phi) is 5.31. The summed E-state index contributed by atoms with van der Waals surface area (Å²) in [5.41, 5.74) is 2.31. The molecule has 142 valence electrons. The standard InChI is InChI=1S/C18H19BrN4O4/c1-10-7-11(2)22(20-10)9-17-23(12(3)24)21-18(27-17)15-8-14(19)5-6-16(15)26-13(4)25/h5-8,17H,9H2,1-4H3/t17-/m1/s1. The number of hydrogen-bond donors (Lipinski definition) is 0. The molecule has 27 heavy (non-hydrogen) atoms. The summed E-state index contributed by atoms with van der Waals surface area (Å²) in [5.74, 6) is -0.214. The van der Waals surface area contributed by atoms with Crippen LogP contribution in [0.4, 0.5) is 0 Å². The monoisotopic (exact) mass is 434 g/mol. The Morgan fingerprint density at radius 2 is 2.00 bits per heavy atom. The van der Waals surface area contributed by atoms with E-state index in [0.29, 0.717) is 17.9 Å². The Balaban J connectivity index is 1.92. The predicted molar refractivity (Wildman–Crippen MR) is 101 cm³/mol. The number of hydrazone groups is 1. The van der Waals surface area contributed by atoms with Crippen molar-refractivity contribution in [1.29, 1.82) is 0 Å². The fourth-order valence-electron chi connectivity index (χ4n) is 2.79. The number of halogens is 1. The number of carbonyl (C=O) groups is 2. The first-order valence-electron chi connectivity index (χ1n) is 8.29. The van der Waals surface area contributed by atoms with Crippen LogP contribution in [0.5, 0.6) is 5.75 Å². The SMILES string of the molecule is CC(=O)Oc1ccc(Br)cc1C1=NN(C(C)=O)[C@@H](Cn2nc(C)cc2C)O1. The highest BCUT2D eigenvalue weighted by Gasteiger charge is 2.34. The zero-order chi connectivity index (χ0) is 19.7. The molecular formula is C18H19BrN4O4. The van der Waals surface area contributed by atoms with Gasteiger partial charge in [-0.05, 0) is 38.1 Å². The maximum Gasteiger partial charge on any atom is 0.308 e.